The summed E-state index contributed by atoms with van der Waals surface area (Å²) < 4.78 is 30.7. The van der Waals surface area contributed by atoms with Gasteiger partial charge in [-0.3, -0.25) is 38.5 Å². The fraction of sp³-hybridized carbons (Fsp3) is 0.456. The number of nitrogens with zero attached hydrogens (tertiary/aromatic N) is 1. The van der Waals surface area contributed by atoms with Crippen molar-refractivity contribution in [1.82, 2.24) is 10.2 Å². The van der Waals surface area contributed by atoms with Crippen LogP contribution in [0, 0.1) is 23.2 Å². The van der Waals surface area contributed by atoms with Gasteiger partial charge in [-0.05, 0) is 88.1 Å². The number of benzene rings is 3. The lowest BCUT2D eigenvalue weighted by Crippen LogP contribution is -2.84. The van der Waals surface area contributed by atoms with Crippen molar-refractivity contribution in [3.63, 3.8) is 0 Å². The van der Waals surface area contributed by atoms with Gasteiger partial charge >= 0.3 is 23.9 Å². The molecule has 77 heavy (non-hydrogen) atoms. The minimum atomic E-state index is -2.92. The van der Waals surface area contributed by atoms with Crippen LogP contribution >= 0.6 is 8.58 Å². The van der Waals surface area contributed by atoms with Crippen LogP contribution < -0.4 is 5.32 Å². The van der Waals surface area contributed by atoms with E-state index < -0.39 is 145 Å². The molecule has 9 rings (SSSR count). The van der Waals surface area contributed by atoms with Crippen LogP contribution in [-0.2, 0) is 57.2 Å². The van der Waals surface area contributed by atoms with Crippen LogP contribution in [0.3, 0.4) is 0 Å². The number of hydrogen-bond acceptors (Lipinski definition) is 17. The summed E-state index contributed by atoms with van der Waals surface area (Å²) in [6.07, 6.45) is -4.66. The first-order chi connectivity index (χ1) is 36.6. The molecule has 0 radical (unpaired) electrons. The van der Waals surface area contributed by atoms with Crippen LogP contribution in [-0.4, -0.2) is 139 Å². The van der Waals surface area contributed by atoms with E-state index in [9.17, 15) is 53.7 Å². The zero-order chi connectivity index (χ0) is 55.2. The predicted octanol–water partition coefficient (Wildman–Crippen LogP) is 4.01. The highest BCUT2D eigenvalue weighted by Gasteiger charge is 2.79. The van der Waals surface area contributed by atoms with Gasteiger partial charge in [0.1, 0.15) is 29.5 Å². The zero-order valence-electron chi connectivity index (χ0n) is 42.8. The SMILES string of the molecule is CC(=O)O[C@H]1C(=O)[C@]2(O)[C@@H](PC(=O)[C@H]3CC[C@H](CN4C(=O)C=CC4=O)CC3)C[C@H]3OC[C@@]3(OC(C)=O)[C@H]2[C@H](OC(=O)c2ccccc2)[C@]2(O)C[C@H](OC(=O)[C@@H](O)[C@@H](NC(=O)c3ccccc3)c3ccccc3)C=C1C2(C)C. The third-order valence-electron chi connectivity index (χ3n) is 16.4. The smallest absolute Gasteiger partial charge is 0.338 e. The molecule has 6 aliphatic rings. The second-order valence-electron chi connectivity index (χ2n) is 21.4. The molecule has 20 heteroatoms. The number of carbonyl (C=O) groups is 9. The number of aliphatic hydroxyl groups is 3. The van der Waals surface area contributed by atoms with Crippen molar-refractivity contribution in [2.75, 3.05) is 13.2 Å². The fourth-order valence-electron chi connectivity index (χ4n) is 12.3. The molecule has 1 unspecified atom stereocenters. The maximum absolute atomic E-state index is 16.1. The number of Topliss-reactive ketones (excluding diaryl/α,β-unsaturated/α-hetero) is 1. The molecule has 3 aromatic carbocycles. The number of aliphatic hydroxyl groups excluding tert-OH is 1. The lowest BCUT2D eigenvalue weighted by Gasteiger charge is -2.67. The highest BCUT2D eigenvalue weighted by molar-refractivity contribution is 7.58. The quantitative estimate of drug-likeness (QED) is 0.0550. The summed E-state index contributed by atoms with van der Waals surface area (Å²) in [7, 11) is -0.853. The van der Waals surface area contributed by atoms with Crippen LogP contribution in [0.25, 0.3) is 0 Å². The molecule has 4 fully saturated rings. The molecule has 1 saturated heterocycles. The molecule has 0 aromatic heterocycles. The average Bonchev–Trinajstić information content (AvgIpc) is 3.80. The van der Waals surface area contributed by atoms with Crippen molar-refractivity contribution in [3.05, 3.63) is 131 Å². The van der Waals surface area contributed by atoms with Gasteiger partial charge in [0, 0.05) is 61.5 Å². The molecule has 4 aliphatic carbocycles. The van der Waals surface area contributed by atoms with Crippen molar-refractivity contribution < 1.29 is 82.2 Å². The molecule has 3 amide bonds. The van der Waals surface area contributed by atoms with Gasteiger partial charge in [-0.2, -0.15) is 0 Å². The predicted molar refractivity (Wildman–Crippen MR) is 272 cm³/mol. The van der Waals surface area contributed by atoms with Crippen LogP contribution in [0.4, 0.5) is 0 Å². The number of ketones is 1. The Kier molecular flexibility index (Phi) is 15.4. The Morgan fingerprint density at radius 3 is 1.96 bits per heavy atom. The molecule has 3 saturated carbocycles. The minimum Gasteiger partial charge on any atom is -0.456 e. The number of imide groups is 1. The van der Waals surface area contributed by atoms with Crippen LogP contribution in [0.5, 0.6) is 0 Å². The van der Waals surface area contributed by atoms with Gasteiger partial charge < -0.3 is 44.3 Å². The fourth-order valence-corrected chi connectivity index (χ4v) is 14.1. The number of nitrogens with one attached hydrogen (secondary N) is 1. The molecule has 2 aliphatic heterocycles. The minimum absolute atomic E-state index is 0.0245. The molecule has 2 heterocycles. The van der Waals surface area contributed by atoms with E-state index in [0.717, 1.165) is 18.7 Å². The van der Waals surface area contributed by atoms with Crippen molar-refractivity contribution >= 4 is 61.5 Å². The topological polar surface area (TPSA) is 276 Å². The number of fused-ring (bicyclic) bond motifs is 5. The summed E-state index contributed by atoms with van der Waals surface area (Å²) in [6, 6.07) is 22.4. The van der Waals surface area contributed by atoms with E-state index in [2.05, 4.69) is 5.32 Å². The van der Waals surface area contributed by atoms with Gasteiger partial charge in [-0.25, -0.2) is 9.59 Å². The lowest BCUT2D eigenvalue weighted by molar-refractivity contribution is -0.340. The largest absolute Gasteiger partial charge is 0.456 e. The number of esters is 4. The molecular formula is C57H61N2O17P. The summed E-state index contributed by atoms with van der Waals surface area (Å²) >= 11 is 0. The number of ether oxygens (including phenoxy) is 5. The first-order valence-corrected chi connectivity index (χ1v) is 26.8. The Labute approximate surface area is 445 Å². The molecule has 4 N–H and O–H groups in total. The first-order valence-electron chi connectivity index (χ1n) is 25.7. The zero-order valence-corrected chi connectivity index (χ0v) is 43.8. The molecule has 0 spiro atoms. The molecule has 3 aromatic rings. The Morgan fingerprint density at radius 2 is 1.39 bits per heavy atom. The number of hydrogen-bond donors (Lipinski definition) is 4. The van der Waals surface area contributed by atoms with Gasteiger partial charge in [0.2, 0.25) is 5.78 Å². The maximum Gasteiger partial charge on any atom is 0.338 e. The van der Waals surface area contributed by atoms with Crippen molar-refractivity contribution in [3.8, 4) is 0 Å². The second kappa shape index (κ2) is 21.6. The summed E-state index contributed by atoms with van der Waals surface area (Å²) in [5, 5.41) is 42.5. The van der Waals surface area contributed by atoms with E-state index in [-0.39, 0.29) is 41.1 Å². The number of carbonyl (C=O) groups excluding carboxylic acids is 9. The number of amides is 3. The van der Waals surface area contributed by atoms with E-state index >= 15 is 4.79 Å². The Morgan fingerprint density at radius 1 is 0.792 bits per heavy atom. The normalized spacial score (nSPS) is 32.0. The molecule has 12 atom stereocenters. The van der Waals surface area contributed by atoms with Gasteiger partial charge in [0.15, 0.2) is 23.3 Å². The molecule has 19 nitrogen and oxygen atoms in total. The Bertz CT molecular complexity index is 2890. The van der Waals surface area contributed by atoms with Crippen molar-refractivity contribution in [2.45, 2.75) is 125 Å². The third-order valence-corrected chi connectivity index (χ3v) is 18.2. The number of rotatable bonds is 15. The summed E-state index contributed by atoms with van der Waals surface area (Å²) in [6.45, 7) is 4.77. The van der Waals surface area contributed by atoms with E-state index in [1.54, 1.807) is 78.9 Å². The van der Waals surface area contributed by atoms with E-state index in [0.29, 0.717) is 31.2 Å². The second-order valence-corrected chi connectivity index (χ2v) is 22.8. The van der Waals surface area contributed by atoms with Gasteiger partial charge in [-0.1, -0.05) is 80.6 Å². The molecule has 406 valence electrons. The van der Waals surface area contributed by atoms with Crippen LogP contribution in [0.2, 0.25) is 0 Å². The summed E-state index contributed by atoms with van der Waals surface area (Å²) in [5.41, 5.74) is -10.8. The molecular weight excluding hydrogens is 1020 g/mol. The van der Waals surface area contributed by atoms with E-state index in [4.69, 9.17) is 23.7 Å². The van der Waals surface area contributed by atoms with Gasteiger partial charge in [0.25, 0.3) is 17.7 Å². The van der Waals surface area contributed by atoms with Crippen LogP contribution in [0.1, 0.15) is 98.5 Å². The highest BCUT2D eigenvalue weighted by atomic mass is 31.1. The third kappa shape index (κ3) is 10.2. The summed E-state index contributed by atoms with van der Waals surface area (Å²) in [5.74, 6) is -9.58. The Balaban J connectivity index is 1.13. The molecule has 2 bridgehead atoms. The van der Waals surface area contributed by atoms with E-state index in [1.807, 2.05) is 0 Å². The van der Waals surface area contributed by atoms with Gasteiger partial charge in [0.05, 0.1) is 24.1 Å². The van der Waals surface area contributed by atoms with E-state index in [1.165, 1.54) is 44.2 Å². The highest BCUT2D eigenvalue weighted by Crippen LogP contribution is 2.63. The van der Waals surface area contributed by atoms with Crippen molar-refractivity contribution in [2.24, 2.45) is 23.2 Å². The monoisotopic (exact) mass is 1080 g/mol. The van der Waals surface area contributed by atoms with Crippen LogP contribution in [0.15, 0.2) is 115 Å². The standard InChI is InChI=1S/C57H61N2O17P/c1-31(60)73-46-39-26-38(74-52(68)45(64)44(34-14-8-5-9-15-34)58-50(66)35-16-10-6-11-17-35)28-56(70,54(39,3)4)49(75-51(67)36-18-12-7-13-19-36)47-55(76-32(2)61)30-72-40(55)27-41(57(47,71)48(46)65)77-53(69)37-22-20-33(21-23-37)29-59-42(62)24-25-43(59)63/h5-19,24-26,33,37-38,40-41,44-47,49,64,70-71,77H,20-23,27-30H2,1-4H3,(H,58,66)/t33-,37-,38-,40-,41+,44+,45+,46-,47-,49+,55+,56-,57+/m1/s1. The first kappa shape index (κ1) is 55.0. The maximum atomic E-state index is 16.1. The lowest BCUT2D eigenvalue weighted by atomic mass is 9.48. The average molecular weight is 1080 g/mol. The van der Waals surface area contributed by atoms with Gasteiger partial charge in [-0.15, -0.1) is 0 Å². The Hall–Kier alpha value is -6.76. The van der Waals surface area contributed by atoms with Crippen molar-refractivity contribution in [1.29, 1.82) is 0 Å². The summed E-state index contributed by atoms with van der Waals surface area (Å²) in [4.78, 5) is 126.